The number of anilines is 1. The lowest BCUT2D eigenvalue weighted by Crippen LogP contribution is -2.21. The number of amides is 1. The highest BCUT2D eigenvalue weighted by Crippen LogP contribution is 2.39. The van der Waals surface area contributed by atoms with Crippen LogP contribution in [0.3, 0.4) is 0 Å². The standard InChI is InChI=1S/C19H24BrN3O3S/c1-4-11(3)26-19(25)15-12-8-6-7-9-14(12)27-18(15)22-17(24)16-13(20)10-21-23(16)5-2/h10-11H,4-9H2,1-3H3,(H,22,24). The third-order valence-corrected chi connectivity index (χ3v) is 6.58. The number of aromatic nitrogens is 2. The van der Waals surface area contributed by atoms with Crippen LogP contribution in [0.2, 0.25) is 0 Å². The van der Waals surface area contributed by atoms with Gasteiger partial charge in [0.05, 0.1) is 22.3 Å². The van der Waals surface area contributed by atoms with Gasteiger partial charge in [0, 0.05) is 11.4 Å². The summed E-state index contributed by atoms with van der Waals surface area (Å²) in [6.07, 6.45) is 6.15. The van der Waals surface area contributed by atoms with Gasteiger partial charge in [0.2, 0.25) is 0 Å². The van der Waals surface area contributed by atoms with Gasteiger partial charge >= 0.3 is 5.97 Å². The van der Waals surface area contributed by atoms with E-state index in [1.165, 1.54) is 16.2 Å². The van der Waals surface area contributed by atoms with Crippen LogP contribution < -0.4 is 5.32 Å². The number of ether oxygens (including phenoxy) is 1. The molecule has 2 heterocycles. The molecule has 27 heavy (non-hydrogen) atoms. The zero-order valence-electron chi connectivity index (χ0n) is 15.8. The fourth-order valence-electron chi connectivity index (χ4n) is 3.19. The Morgan fingerprint density at radius 1 is 1.37 bits per heavy atom. The molecule has 8 heteroatoms. The molecule has 146 valence electrons. The van der Waals surface area contributed by atoms with Crippen molar-refractivity contribution >= 4 is 44.1 Å². The molecule has 1 aliphatic rings. The largest absolute Gasteiger partial charge is 0.459 e. The Kier molecular flexibility index (Phi) is 6.37. The molecule has 2 aromatic rings. The van der Waals surface area contributed by atoms with Crippen molar-refractivity contribution in [1.29, 1.82) is 0 Å². The molecule has 0 saturated carbocycles. The summed E-state index contributed by atoms with van der Waals surface area (Å²) < 4.78 is 7.84. The average Bonchev–Trinajstić information content (AvgIpc) is 3.20. The average molecular weight is 454 g/mol. The van der Waals surface area contributed by atoms with Gasteiger partial charge in [0.25, 0.3) is 5.91 Å². The van der Waals surface area contributed by atoms with E-state index in [2.05, 4.69) is 26.3 Å². The van der Waals surface area contributed by atoms with Gasteiger partial charge < -0.3 is 10.1 Å². The normalized spacial score (nSPS) is 14.5. The molecule has 1 aliphatic carbocycles. The summed E-state index contributed by atoms with van der Waals surface area (Å²) in [5, 5.41) is 7.72. The third kappa shape index (κ3) is 4.11. The highest BCUT2D eigenvalue weighted by molar-refractivity contribution is 9.10. The molecular weight excluding hydrogens is 430 g/mol. The Balaban J connectivity index is 1.95. The molecule has 0 aromatic carbocycles. The minimum Gasteiger partial charge on any atom is -0.459 e. The SMILES string of the molecule is CCC(C)OC(=O)c1c(NC(=O)c2c(Br)cnn2CC)sc2c1CCCC2. The number of nitrogens with zero attached hydrogens (tertiary/aromatic N) is 2. The molecule has 1 N–H and O–H groups in total. The van der Waals surface area contributed by atoms with Crippen LogP contribution in [-0.2, 0) is 24.1 Å². The number of carbonyl (C=O) groups is 2. The van der Waals surface area contributed by atoms with Crippen molar-refractivity contribution in [3.05, 3.63) is 32.4 Å². The van der Waals surface area contributed by atoms with Gasteiger partial charge in [0.15, 0.2) is 0 Å². The van der Waals surface area contributed by atoms with Crippen LogP contribution in [0.5, 0.6) is 0 Å². The molecular formula is C19H24BrN3O3S. The van der Waals surface area contributed by atoms with Crippen LogP contribution >= 0.6 is 27.3 Å². The zero-order valence-corrected chi connectivity index (χ0v) is 18.2. The number of carbonyl (C=O) groups excluding carboxylic acids is 2. The maximum absolute atomic E-state index is 12.9. The van der Waals surface area contributed by atoms with Crippen molar-refractivity contribution in [2.45, 2.75) is 65.5 Å². The number of aryl methyl sites for hydroxylation is 2. The van der Waals surface area contributed by atoms with Gasteiger partial charge in [-0.3, -0.25) is 9.48 Å². The van der Waals surface area contributed by atoms with Gasteiger partial charge in [-0.25, -0.2) is 4.79 Å². The van der Waals surface area contributed by atoms with E-state index in [-0.39, 0.29) is 18.0 Å². The summed E-state index contributed by atoms with van der Waals surface area (Å²) in [5.41, 5.74) is 2.02. The highest BCUT2D eigenvalue weighted by atomic mass is 79.9. The van der Waals surface area contributed by atoms with Crippen LogP contribution in [0.4, 0.5) is 5.00 Å². The van der Waals surface area contributed by atoms with Crippen LogP contribution in [0.1, 0.15) is 71.3 Å². The lowest BCUT2D eigenvalue weighted by molar-refractivity contribution is 0.0335. The molecule has 1 amide bonds. The van der Waals surface area contributed by atoms with Crippen molar-refractivity contribution in [3.8, 4) is 0 Å². The summed E-state index contributed by atoms with van der Waals surface area (Å²) in [5.74, 6) is -0.625. The van der Waals surface area contributed by atoms with Crippen molar-refractivity contribution in [1.82, 2.24) is 9.78 Å². The first-order chi connectivity index (χ1) is 13.0. The van der Waals surface area contributed by atoms with Gasteiger partial charge in [-0.1, -0.05) is 6.92 Å². The van der Waals surface area contributed by atoms with E-state index in [1.807, 2.05) is 20.8 Å². The first kappa shape index (κ1) is 20.1. The second-order valence-corrected chi connectivity index (χ2v) is 8.61. The third-order valence-electron chi connectivity index (χ3n) is 4.80. The van der Waals surface area contributed by atoms with Gasteiger partial charge in [-0.15, -0.1) is 11.3 Å². The lowest BCUT2D eigenvalue weighted by Gasteiger charge is -2.15. The second-order valence-electron chi connectivity index (χ2n) is 6.65. The number of fused-ring (bicyclic) bond motifs is 1. The molecule has 3 rings (SSSR count). The summed E-state index contributed by atoms with van der Waals surface area (Å²) in [6.45, 7) is 6.37. The minimum absolute atomic E-state index is 0.157. The molecule has 2 aromatic heterocycles. The van der Waals surface area contributed by atoms with Crippen molar-refractivity contribution in [2.24, 2.45) is 0 Å². The maximum atomic E-state index is 12.9. The van der Waals surface area contributed by atoms with Gasteiger partial charge in [-0.2, -0.15) is 5.10 Å². The zero-order chi connectivity index (χ0) is 19.6. The smallest absolute Gasteiger partial charge is 0.341 e. The molecule has 1 unspecified atom stereocenters. The van der Waals surface area contributed by atoms with Gasteiger partial charge in [0.1, 0.15) is 10.7 Å². The van der Waals surface area contributed by atoms with E-state index in [4.69, 9.17) is 4.74 Å². The van der Waals surface area contributed by atoms with E-state index >= 15 is 0 Å². The Hall–Kier alpha value is -1.67. The van der Waals surface area contributed by atoms with Crippen LogP contribution in [0, 0.1) is 0 Å². The monoisotopic (exact) mass is 453 g/mol. The second kappa shape index (κ2) is 8.56. The molecule has 0 fully saturated rings. The summed E-state index contributed by atoms with van der Waals surface area (Å²) in [7, 11) is 0. The summed E-state index contributed by atoms with van der Waals surface area (Å²) >= 11 is 4.88. The number of nitrogens with one attached hydrogen (secondary N) is 1. The summed E-state index contributed by atoms with van der Waals surface area (Å²) in [6, 6.07) is 0. The molecule has 1 atom stereocenters. The minimum atomic E-state index is -0.345. The van der Waals surface area contributed by atoms with Crippen LogP contribution in [0.15, 0.2) is 10.7 Å². The van der Waals surface area contributed by atoms with E-state index in [1.54, 1.807) is 10.9 Å². The Morgan fingerprint density at radius 3 is 2.81 bits per heavy atom. The summed E-state index contributed by atoms with van der Waals surface area (Å²) in [4.78, 5) is 26.9. The van der Waals surface area contributed by atoms with Crippen molar-refractivity contribution in [3.63, 3.8) is 0 Å². The van der Waals surface area contributed by atoms with E-state index in [9.17, 15) is 9.59 Å². The Bertz CT molecular complexity index is 859. The lowest BCUT2D eigenvalue weighted by atomic mass is 9.95. The van der Waals surface area contributed by atoms with Gasteiger partial charge in [-0.05, 0) is 67.4 Å². The molecule has 0 spiro atoms. The Labute approximate surface area is 171 Å². The van der Waals surface area contributed by atoms with Crippen molar-refractivity contribution in [2.75, 3.05) is 5.32 Å². The molecule has 0 radical (unpaired) electrons. The molecule has 0 bridgehead atoms. The fraction of sp³-hybridized carbons (Fsp3) is 0.526. The number of thiophene rings is 1. The Morgan fingerprint density at radius 2 is 2.11 bits per heavy atom. The first-order valence-corrected chi connectivity index (χ1v) is 10.9. The number of rotatable bonds is 6. The quantitative estimate of drug-likeness (QED) is 0.636. The highest BCUT2D eigenvalue weighted by Gasteiger charge is 2.29. The number of halogens is 1. The van der Waals surface area contributed by atoms with E-state index < -0.39 is 0 Å². The van der Waals surface area contributed by atoms with Crippen LogP contribution in [-0.4, -0.2) is 27.8 Å². The number of hydrogen-bond donors (Lipinski definition) is 1. The van der Waals surface area contributed by atoms with E-state index in [0.29, 0.717) is 27.3 Å². The number of esters is 1. The predicted molar refractivity (Wildman–Crippen MR) is 110 cm³/mol. The fourth-order valence-corrected chi connectivity index (χ4v) is 4.93. The van der Waals surface area contributed by atoms with Crippen molar-refractivity contribution < 1.29 is 14.3 Å². The predicted octanol–water partition coefficient (Wildman–Crippen LogP) is 4.81. The maximum Gasteiger partial charge on any atom is 0.341 e. The molecule has 0 aliphatic heterocycles. The first-order valence-electron chi connectivity index (χ1n) is 9.34. The van der Waals surface area contributed by atoms with E-state index in [0.717, 1.165) is 37.7 Å². The molecule has 6 nitrogen and oxygen atoms in total. The topological polar surface area (TPSA) is 73.2 Å². The van der Waals surface area contributed by atoms with Crippen LogP contribution in [0.25, 0.3) is 0 Å². The number of hydrogen-bond acceptors (Lipinski definition) is 5. The molecule has 0 saturated heterocycles.